The fourth-order valence-electron chi connectivity index (χ4n) is 2.22. The predicted octanol–water partition coefficient (Wildman–Crippen LogP) is 3.06. The first-order valence-electron chi connectivity index (χ1n) is 6.90. The molecule has 112 valence electrons. The Balaban J connectivity index is 2.13. The molecule has 0 amide bonds. The van der Waals surface area contributed by atoms with Gasteiger partial charge in [-0.2, -0.15) is 0 Å². The summed E-state index contributed by atoms with van der Waals surface area (Å²) in [6, 6.07) is 10.1. The minimum absolute atomic E-state index is 0.0370. The zero-order chi connectivity index (χ0) is 15.2. The van der Waals surface area contributed by atoms with E-state index in [9.17, 15) is 0 Å². The molecule has 0 spiro atoms. The summed E-state index contributed by atoms with van der Waals surface area (Å²) in [5, 5.41) is 9.75. The number of nitrogens with two attached hydrogens (primary N) is 1. The van der Waals surface area contributed by atoms with Crippen LogP contribution >= 0.6 is 11.3 Å². The van der Waals surface area contributed by atoms with E-state index < -0.39 is 0 Å². The van der Waals surface area contributed by atoms with E-state index in [1.54, 1.807) is 18.4 Å². The van der Waals surface area contributed by atoms with E-state index in [1.807, 2.05) is 18.2 Å². The van der Waals surface area contributed by atoms with Crippen molar-refractivity contribution in [3.63, 3.8) is 0 Å². The summed E-state index contributed by atoms with van der Waals surface area (Å²) in [6.45, 7) is 4.90. The lowest BCUT2D eigenvalue weighted by Crippen LogP contribution is -2.22. The molecule has 0 fully saturated rings. The number of nitrogens with one attached hydrogen (secondary N) is 1. The largest absolute Gasteiger partial charge is 0.496 e. The van der Waals surface area contributed by atoms with Gasteiger partial charge in [0.05, 0.1) is 12.7 Å². The highest BCUT2D eigenvalue weighted by Gasteiger charge is 2.10. The smallest absolute Gasteiger partial charge is 0.129 e. The molecule has 1 aromatic carbocycles. The van der Waals surface area contributed by atoms with Gasteiger partial charge in [0.25, 0.3) is 0 Å². The number of methoxy groups -OCH3 is 1. The lowest BCUT2D eigenvalue weighted by atomic mass is 10.1. The van der Waals surface area contributed by atoms with Gasteiger partial charge in [0.2, 0.25) is 0 Å². The summed E-state index contributed by atoms with van der Waals surface area (Å²) < 4.78 is 5.25. The standard InChI is InChI=1S/C16H21N3OS/c1-3-19(11-13-5-4-8-21-13)10-12-6-7-15(20-2)14(9-12)16(17)18/h4-9H,3,10-11H2,1-2H3,(H3,17,18). The average Bonchev–Trinajstić information content (AvgIpc) is 2.99. The van der Waals surface area contributed by atoms with Crippen LogP contribution in [0.15, 0.2) is 35.7 Å². The molecular formula is C16H21N3OS. The minimum Gasteiger partial charge on any atom is -0.496 e. The lowest BCUT2D eigenvalue weighted by molar-refractivity contribution is 0.273. The van der Waals surface area contributed by atoms with Crippen molar-refractivity contribution in [1.29, 1.82) is 5.41 Å². The van der Waals surface area contributed by atoms with Crippen molar-refractivity contribution < 1.29 is 4.74 Å². The molecule has 21 heavy (non-hydrogen) atoms. The molecule has 0 aliphatic carbocycles. The summed E-state index contributed by atoms with van der Waals surface area (Å²) >= 11 is 1.78. The first-order chi connectivity index (χ1) is 10.1. The Morgan fingerprint density at radius 2 is 2.14 bits per heavy atom. The van der Waals surface area contributed by atoms with E-state index in [1.165, 1.54) is 4.88 Å². The van der Waals surface area contributed by atoms with Crippen LogP contribution < -0.4 is 10.5 Å². The minimum atomic E-state index is 0.0370. The fourth-order valence-corrected chi connectivity index (χ4v) is 2.97. The molecule has 1 aromatic heterocycles. The number of benzene rings is 1. The molecule has 0 radical (unpaired) electrons. The number of rotatable bonds is 7. The first kappa shape index (κ1) is 15.5. The summed E-state index contributed by atoms with van der Waals surface area (Å²) in [7, 11) is 1.59. The van der Waals surface area contributed by atoms with Crippen LogP contribution in [0.3, 0.4) is 0 Å². The summed E-state index contributed by atoms with van der Waals surface area (Å²) in [5.41, 5.74) is 7.42. The van der Waals surface area contributed by atoms with Gasteiger partial charge >= 0.3 is 0 Å². The number of nitrogens with zero attached hydrogens (tertiary/aromatic N) is 1. The van der Waals surface area contributed by atoms with Crippen LogP contribution in [-0.4, -0.2) is 24.4 Å². The Hall–Kier alpha value is -1.85. The zero-order valence-electron chi connectivity index (χ0n) is 12.4. The first-order valence-corrected chi connectivity index (χ1v) is 7.78. The second-order valence-corrected chi connectivity index (χ2v) is 5.86. The average molecular weight is 303 g/mol. The van der Waals surface area contributed by atoms with E-state index in [0.29, 0.717) is 11.3 Å². The van der Waals surface area contributed by atoms with Crippen molar-refractivity contribution in [2.75, 3.05) is 13.7 Å². The zero-order valence-corrected chi connectivity index (χ0v) is 13.2. The normalized spacial score (nSPS) is 10.8. The highest BCUT2D eigenvalue weighted by atomic mass is 32.1. The summed E-state index contributed by atoms with van der Waals surface area (Å²) in [6.07, 6.45) is 0. The molecule has 0 aliphatic rings. The van der Waals surface area contributed by atoms with E-state index >= 15 is 0 Å². The van der Waals surface area contributed by atoms with Gasteiger partial charge in [0.1, 0.15) is 11.6 Å². The quantitative estimate of drug-likeness (QED) is 0.610. The molecule has 4 nitrogen and oxygen atoms in total. The Morgan fingerprint density at radius 1 is 1.33 bits per heavy atom. The van der Waals surface area contributed by atoms with E-state index in [-0.39, 0.29) is 5.84 Å². The maximum absolute atomic E-state index is 7.65. The van der Waals surface area contributed by atoms with Crippen LogP contribution in [-0.2, 0) is 13.1 Å². The van der Waals surface area contributed by atoms with Crippen LogP contribution in [0.5, 0.6) is 5.75 Å². The summed E-state index contributed by atoms with van der Waals surface area (Å²) in [5.74, 6) is 0.683. The van der Waals surface area contributed by atoms with Crippen molar-refractivity contribution in [2.45, 2.75) is 20.0 Å². The SMILES string of the molecule is CCN(Cc1ccc(OC)c(C(=N)N)c1)Cc1cccs1. The summed E-state index contributed by atoms with van der Waals surface area (Å²) in [4.78, 5) is 3.72. The van der Waals surface area contributed by atoms with E-state index in [2.05, 4.69) is 29.3 Å². The molecule has 0 aliphatic heterocycles. The van der Waals surface area contributed by atoms with Crippen molar-refractivity contribution in [3.8, 4) is 5.75 Å². The van der Waals surface area contributed by atoms with E-state index in [0.717, 1.165) is 25.2 Å². The van der Waals surface area contributed by atoms with Crippen molar-refractivity contribution in [2.24, 2.45) is 5.73 Å². The van der Waals surface area contributed by atoms with Gasteiger partial charge in [-0.3, -0.25) is 10.3 Å². The predicted molar refractivity (Wildman–Crippen MR) is 88.1 cm³/mol. The Kier molecular flexibility index (Phi) is 5.36. The topological polar surface area (TPSA) is 62.3 Å². The number of hydrogen-bond acceptors (Lipinski definition) is 4. The fraction of sp³-hybridized carbons (Fsp3) is 0.312. The van der Waals surface area contributed by atoms with Crippen molar-refractivity contribution in [1.82, 2.24) is 4.90 Å². The second-order valence-electron chi connectivity index (χ2n) is 4.83. The van der Waals surface area contributed by atoms with Gasteiger partial charge in [0.15, 0.2) is 0 Å². The van der Waals surface area contributed by atoms with Crippen LogP contribution in [0, 0.1) is 5.41 Å². The number of thiophene rings is 1. The number of hydrogen-bond donors (Lipinski definition) is 2. The van der Waals surface area contributed by atoms with Gasteiger partial charge in [-0.05, 0) is 35.7 Å². The van der Waals surface area contributed by atoms with Gasteiger partial charge < -0.3 is 10.5 Å². The highest BCUT2D eigenvalue weighted by Crippen LogP contribution is 2.21. The van der Waals surface area contributed by atoms with Crippen LogP contribution in [0.1, 0.15) is 22.9 Å². The highest BCUT2D eigenvalue weighted by molar-refractivity contribution is 7.09. The third-order valence-electron chi connectivity index (χ3n) is 3.37. The number of amidine groups is 1. The van der Waals surface area contributed by atoms with Crippen LogP contribution in [0.2, 0.25) is 0 Å². The molecule has 0 unspecified atom stereocenters. The monoisotopic (exact) mass is 303 g/mol. The lowest BCUT2D eigenvalue weighted by Gasteiger charge is -2.20. The molecule has 2 rings (SSSR count). The Labute approximate surface area is 129 Å². The van der Waals surface area contributed by atoms with Crippen molar-refractivity contribution >= 4 is 17.2 Å². The molecular weight excluding hydrogens is 282 g/mol. The van der Waals surface area contributed by atoms with Gasteiger partial charge in [-0.15, -0.1) is 11.3 Å². The molecule has 0 bridgehead atoms. The molecule has 5 heteroatoms. The van der Waals surface area contributed by atoms with E-state index in [4.69, 9.17) is 15.9 Å². The maximum atomic E-state index is 7.65. The maximum Gasteiger partial charge on any atom is 0.129 e. The Morgan fingerprint density at radius 3 is 2.71 bits per heavy atom. The third-order valence-corrected chi connectivity index (χ3v) is 4.23. The van der Waals surface area contributed by atoms with Crippen molar-refractivity contribution in [3.05, 3.63) is 51.7 Å². The third kappa shape index (κ3) is 4.06. The molecule has 3 N–H and O–H groups in total. The molecule has 1 heterocycles. The molecule has 0 saturated heterocycles. The van der Waals surface area contributed by atoms with Crippen LogP contribution in [0.4, 0.5) is 0 Å². The molecule has 0 atom stereocenters. The second kappa shape index (κ2) is 7.24. The van der Waals surface area contributed by atoms with Gasteiger partial charge in [-0.25, -0.2) is 0 Å². The Bertz CT molecular complexity index is 596. The molecule has 2 aromatic rings. The number of ether oxygens (including phenoxy) is 1. The molecule has 0 saturated carbocycles. The van der Waals surface area contributed by atoms with Crippen LogP contribution in [0.25, 0.3) is 0 Å². The van der Waals surface area contributed by atoms with Gasteiger partial charge in [-0.1, -0.05) is 19.1 Å². The number of nitrogen functional groups attached to an aromatic ring is 1. The van der Waals surface area contributed by atoms with Gasteiger partial charge in [0, 0.05) is 18.0 Å².